The van der Waals surface area contributed by atoms with Gasteiger partial charge in [-0.05, 0) is 41.9 Å². The summed E-state index contributed by atoms with van der Waals surface area (Å²) < 4.78 is 4.94. The minimum atomic E-state index is -1.17. The van der Waals surface area contributed by atoms with E-state index in [0.717, 1.165) is 24.3 Å². The van der Waals surface area contributed by atoms with Gasteiger partial charge in [-0.15, -0.1) is 0 Å². The lowest BCUT2D eigenvalue weighted by molar-refractivity contribution is 0.0520. The summed E-state index contributed by atoms with van der Waals surface area (Å²) in [4.78, 5) is 10.7. The van der Waals surface area contributed by atoms with E-state index in [4.69, 9.17) is 9.84 Å². The molecule has 0 bridgehead atoms. The molecule has 108 valence electrons. The third-order valence-corrected chi connectivity index (χ3v) is 4.72. The Morgan fingerprint density at radius 1 is 1.20 bits per heavy atom. The molecular weight excluding hydrogens is 252 g/mol. The molecule has 0 amide bonds. The molecule has 3 heteroatoms. The van der Waals surface area contributed by atoms with Crippen molar-refractivity contribution in [2.75, 3.05) is 0 Å². The van der Waals surface area contributed by atoms with Crippen LogP contribution in [0.2, 0.25) is 0 Å². The smallest absolute Gasteiger partial charge is 0.450 e. The van der Waals surface area contributed by atoms with E-state index in [1.165, 1.54) is 49.7 Å². The van der Waals surface area contributed by atoms with Gasteiger partial charge in [0.25, 0.3) is 0 Å². The van der Waals surface area contributed by atoms with Crippen molar-refractivity contribution in [3.8, 4) is 0 Å². The van der Waals surface area contributed by atoms with Gasteiger partial charge in [0.15, 0.2) is 0 Å². The number of carboxylic acid groups (broad SMARTS) is 1. The Morgan fingerprint density at radius 2 is 2.00 bits per heavy atom. The molecule has 0 saturated heterocycles. The van der Waals surface area contributed by atoms with Crippen molar-refractivity contribution in [3.63, 3.8) is 0 Å². The number of rotatable bonds is 3. The van der Waals surface area contributed by atoms with Crippen molar-refractivity contribution in [2.24, 2.45) is 5.92 Å². The molecule has 0 aromatic heterocycles. The lowest BCUT2D eigenvalue weighted by Crippen LogP contribution is -2.09. The number of carbonyl (C=O) groups is 1. The van der Waals surface area contributed by atoms with Crippen LogP contribution in [0.5, 0.6) is 0 Å². The van der Waals surface area contributed by atoms with Crippen molar-refractivity contribution in [2.45, 2.75) is 57.5 Å². The molecule has 1 N–H and O–H groups in total. The van der Waals surface area contributed by atoms with Crippen LogP contribution < -0.4 is 0 Å². The number of hydrogen-bond acceptors (Lipinski definition) is 2. The SMILES string of the molecule is O=C(O)OC1CCc2cc(CC3CCCCC3)ccc21. The van der Waals surface area contributed by atoms with Crippen LogP contribution in [-0.2, 0) is 17.6 Å². The van der Waals surface area contributed by atoms with E-state index in [1.807, 2.05) is 0 Å². The van der Waals surface area contributed by atoms with Gasteiger partial charge in [-0.2, -0.15) is 0 Å². The standard InChI is InChI=1S/C17H22O3/c18-17(19)20-16-9-7-14-11-13(6-8-15(14)16)10-12-4-2-1-3-5-12/h6,8,11-12,16H,1-5,7,9-10H2,(H,18,19). The highest BCUT2D eigenvalue weighted by molar-refractivity contribution is 5.58. The zero-order chi connectivity index (χ0) is 13.9. The van der Waals surface area contributed by atoms with E-state index in [1.54, 1.807) is 0 Å². The molecule has 1 atom stereocenters. The number of aryl methyl sites for hydroxylation is 1. The van der Waals surface area contributed by atoms with Crippen molar-refractivity contribution in [3.05, 3.63) is 34.9 Å². The molecule has 0 radical (unpaired) electrons. The van der Waals surface area contributed by atoms with Crippen LogP contribution in [0.1, 0.15) is 61.3 Å². The van der Waals surface area contributed by atoms with E-state index in [-0.39, 0.29) is 6.10 Å². The van der Waals surface area contributed by atoms with E-state index in [0.29, 0.717) is 0 Å². The van der Waals surface area contributed by atoms with Gasteiger partial charge in [0.1, 0.15) is 6.10 Å². The summed E-state index contributed by atoms with van der Waals surface area (Å²) in [5.41, 5.74) is 3.76. The van der Waals surface area contributed by atoms with Gasteiger partial charge < -0.3 is 9.84 Å². The van der Waals surface area contributed by atoms with Gasteiger partial charge in [-0.3, -0.25) is 0 Å². The molecule has 0 heterocycles. The zero-order valence-corrected chi connectivity index (χ0v) is 11.8. The first-order valence-corrected chi connectivity index (χ1v) is 7.73. The second-order valence-electron chi connectivity index (χ2n) is 6.15. The van der Waals surface area contributed by atoms with E-state index in [9.17, 15) is 4.79 Å². The fourth-order valence-electron chi connectivity index (χ4n) is 3.73. The fraction of sp³-hybridized carbons (Fsp3) is 0.588. The summed E-state index contributed by atoms with van der Waals surface area (Å²) in [5.74, 6) is 0.842. The largest absolute Gasteiger partial charge is 0.506 e. The normalized spacial score (nSPS) is 22.5. The number of fused-ring (bicyclic) bond motifs is 1. The Labute approximate surface area is 120 Å². The zero-order valence-electron chi connectivity index (χ0n) is 11.8. The molecular formula is C17H22O3. The van der Waals surface area contributed by atoms with Gasteiger partial charge in [-0.1, -0.05) is 50.3 Å². The Kier molecular flexibility index (Phi) is 3.95. The maximum absolute atomic E-state index is 10.7. The van der Waals surface area contributed by atoms with Gasteiger partial charge in [0, 0.05) is 0 Å². The van der Waals surface area contributed by atoms with Gasteiger partial charge in [0.05, 0.1) is 0 Å². The third-order valence-electron chi connectivity index (χ3n) is 4.72. The van der Waals surface area contributed by atoms with E-state index >= 15 is 0 Å². The Balaban J connectivity index is 1.69. The second kappa shape index (κ2) is 5.86. The summed E-state index contributed by atoms with van der Waals surface area (Å²) in [6.07, 6.45) is 8.35. The third kappa shape index (κ3) is 2.97. The first-order chi connectivity index (χ1) is 9.72. The summed E-state index contributed by atoms with van der Waals surface area (Å²) in [7, 11) is 0. The number of hydrogen-bond donors (Lipinski definition) is 1. The predicted octanol–water partition coefficient (Wildman–Crippen LogP) is 4.49. The van der Waals surface area contributed by atoms with Gasteiger partial charge in [0.2, 0.25) is 0 Å². The highest BCUT2D eigenvalue weighted by Gasteiger charge is 2.26. The molecule has 3 rings (SSSR count). The molecule has 1 fully saturated rings. The molecule has 20 heavy (non-hydrogen) atoms. The highest BCUT2D eigenvalue weighted by atomic mass is 16.7. The van der Waals surface area contributed by atoms with Crippen LogP contribution in [0.15, 0.2) is 18.2 Å². The molecule has 1 saturated carbocycles. The maximum Gasteiger partial charge on any atom is 0.506 e. The quantitative estimate of drug-likeness (QED) is 0.826. The highest BCUT2D eigenvalue weighted by Crippen LogP contribution is 2.35. The van der Waals surface area contributed by atoms with E-state index in [2.05, 4.69) is 18.2 Å². The molecule has 1 aromatic carbocycles. The van der Waals surface area contributed by atoms with Crippen LogP contribution in [-0.4, -0.2) is 11.3 Å². The van der Waals surface area contributed by atoms with Crippen molar-refractivity contribution >= 4 is 6.16 Å². The monoisotopic (exact) mass is 274 g/mol. The van der Waals surface area contributed by atoms with Crippen molar-refractivity contribution < 1.29 is 14.6 Å². The van der Waals surface area contributed by atoms with Gasteiger partial charge in [-0.25, -0.2) is 4.79 Å². The molecule has 2 aliphatic carbocycles. The predicted molar refractivity (Wildman–Crippen MR) is 76.9 cm³/mol. The second-order valence-corrected chi connectivity index (χ2v) is 6.15. The Bertz CT molecular complexity index is 489. The van der Waals surface area contributed by atoms with Crippen LogP contribution in [0.3, 0.4) is 0 Å². The van der Waals surface area contributed by atoms with E-state index < -0.39 is 6.16 Å². The Morgan fingerprint density at radius 3 is 2.75 bits per heavy atom. The van der Waals surface area contributed by atoms with Crippen molar-refractivity contribution in [1.29, 1.82) is 0 Å². The molecule has 1 unspecified atom stereocenters. The molecule has 0 aliphatic heterocycles. The minimum Gasteiger partial charge on any atom is -0.450 e. The first-order valence-electron chi connectivity index (χ1n) is 7.73. The molecule has 1 aromatic rings. The summed E-state index contributed by atoms with van der Waals surface area (Å²) >= 11 is 0. The lowest BCUT2D eigenvalue weighted by Gasteiger charge is -2.21. The minimum absolute atomic E-state index is 0.258. The lowest BCUT2D eigenvalue weighted by atomic mass is 9.84. The molecule has 0 spiro atoms. The summed E-state index contributed by atoms with van der Waals surface area (Å²) in [6.45, 7) is 0. The van der Waals surface area contributed by atoms with Gasteiger partial charge >= 0.3 is 6.16 Å². The average molecular weight is 274 g/mol. The molecule has 2 aliphatic rings. The fourth-order valence-corrected chi connectivity index (χ4v) is 3.73. The first kappa shape index (κ1) is 13.5. The van der Waals surface area contributed by atoms with Crippen molar-refractivity contribution in [1.82, 2.24) is 0 Å². The average Bonchev–Trinajstić information content (AvgIpc) is 2.82. The van der Waals surface area contributed by atoms with Crippen LogP contribution in [0, 0.1) is 5.92 Å². The van der Waals surface area contributed by atoms with Crippen LogP contribution in [0.25, 0.3) is 0 Å². The van der Waals surface area contributed by atoms with Crippen LogP contribution >= 0.6 is 0 Å². The topological polar surface area (TPSA) is 46.5 Å². The Hall–Kier alpha value is -1.51. The number of ether oxygens (including phenoxy) is 1. The summed E-state index contributed by atoms with van der Waals surface area (Å²) in [5, 5.41) is 8.75. The summed E-state index contributed by atoms with van der Waals surface area (Å²) in [6, 6.07) is 6.51. The molecule has 3 nitrogen and oxygen atoms in total. The number of benzene rings is 1. The maximum atomic E-state index is 10.7. The van der Waals surface area contributed by atoms with Crippen LogP contribution in [0.4, 0.5) is 4.79 Å².